The highest BCUT2D eigenvalue weighted by atomic mass is 16.5. The lowest BCUT2D eigenvalue weighted by molar-refractivity contribution is -0.138. The fourth-order valence-corrected chi connectivity index (χ4v) is 1.50. The van der Waals surface area contributed by atoms with Crippen LogP contribution in [0.25, 0.3) is 0 Å². The highest BCUT2D eigenvalue weighted by Gasteiger charge is 2.21. The molecule has 0 saturated heterocycles. The van der Waals surface area contributed by atoms with Gasteiger partial charge in [-0.25, -0.2) is 9.97 Å². The van der Waals surface area contributed by atoms with Gasteiger partial charge in [-0.2, -0.15) is 0 Å². The number of rotatable bonds is 4. The number of esters is 1. The Morgan fingerprint density at radius 2 is 1.84 bits per heavy atom. The van der Waals surface area contributed by atoms with Crippen LogP contribution in [0.15, 0.2) is 0 Å². The highest BCUT2D eigenvalue weighted by molar-refractivity contribution is 5.75. The molecule has 106 valence electrons. The van der Waals surface area contributed by atoms with Crippen LogP contribution in [0.4, 0.5) is 11.6 Å². The van der Waals surface area contributed by atoms with Crippen molar-refractivity contribution >= 4 is 17.6 Å². The molecule has 0 bridgehead atoms. The molecule has 0 aliphatic rings. The average molecular weight is 266 g/mol. The summed E-state index contributed by atoms with van der Waals surface area (Å²) in [5.41, 5.74) is 0.709. The normalized spacial score (nSPS) is 11.1. The zero-order chi connectivity index (χ0) is 14.6. The van der Waals surface area contributed by atoms with Gasteiger partial charge in [-0.3, -0.25) is 4.79 Å². The molecule has 1 aromatic heterocycles. The summed E-state index contributed by atoms with van der Waals surface area (Å²) >= 11 is 0. The third-order valence-corrected chi connectivity index (χ3v) is 2.68. The van der Waals surface area contributed by atoms with Gasteiger partial charge in [-0.05, 0) is 6.92 Å². The summed E-state index contributed by atoms with van der Waals surface area (Å²) in [6.45, 7) is 8.11. The molecular formula is C13H22N4O2. The summed E-state index contributed by atoms with van der Waals surface area (Å²) in [6.07, 6.45) is 0. The molecule has 0 spiro atoms. The molecule has 6 nitrogen and oxygen atoms in total. The van der Waals surface area contributed by atoms with E-state index in [-0.39, 0.29) is 17.9 Å². The molecule has 1 rings (SSSR count). The molecule has 0 aliphatic heterocycles. The van der Waals surface area contributed by atoms with Crippen molar-refractivity contribution in [2.75, 3.05) is 31.3 Å². The first kappa shape index (κ1) is 15.2. The van der Waals surface area contributed by atoms with Crippen molar-refractivity contribution in [1.82, 2.24) is 9.97 Å². The van der Waals surface area contributed by atoms with Crippen molar-refractivity contribution in [3.05, 3.63) is 11.4 Å². The molecular weight excluding hydrogens is 244 g/mol. The van der Waals surface area contributed by atoms with Crippen LogP contribution >= 0.6 is 0 Å². The van der Waals surface area contributed by atoms with Crippen LogP contribution in [-0.4, -0.2) is 36.6 Å². The maximum absolute atomic E-state index is 11.2. The quantitative estimate of drug-likeness (QED) is 0.808. The molecule has 0 radical (unpaired) electrons. The van der Waals surface area contributed by atoms with Crippen LogP contribution < -0.4 is 10.6 Å². The molecule has 0 aliphatic carbocycles. The molecule has 0 atom stereocenters. The largest absolute Gasteiger partial charge is 0.468 e. The Morgan fingerprint density at radius 3 is 2.32 bits per heavy atom. The molecule has 6 heteroatoms. The fraction of sp³-hybridized carbons (Fsp3) is 0.615. The van der Waals surface area contributed by atoms with Crippen LogP contribution in [0.3, 0.4) is 0 Å². The van der Waals surface area contributed by atoms with E-state index in [4.69, 9.17) is 0 Å². The van der Waals surface area contributed by atoms with Crippen molar-refractivity contribution in [2.24, 2.45) is 0 Å². The second kappa shape index (κ2) is 5.86. The van der Waals surface area contributed by atoms with Crippen LogP contribution in [0.5, 0.6) is 0 Å². The van der Waals surface area contributed by atoms with Gasteiger partial charge in [0.1, 0.15) is 24.0 Å². The van der Waals surface area contributed by atoms with Gasteiger partial charge in [0.2, 0.25) is 0 Å². The van der Waals surface area contributed by atoms with Crippen molar-refractivity contribution in [1.29, 1.82) is 0 Å². The van der Waals surface area contributed by atoms with Gasteiger partial charge in [0, 0.05) is 18.0 Å². The lowest BCUT2D eigenvalue weighted by atomic mass is 9.95. The maximum atomic E-state index is 11.2. The Kier molecular flexibility index (Phi) is 4.69. The van der Waals surface area contributed by atoms with Crippen molar-refractivity contribution in [3.63, 3.8) is 0 Å². The number of nitrogens with one attached hydrogen (secondary N) is 2. The molecule has 0 saturated carbocycles. The smallest absolute Gasteiger partial charge is 0.325 e. The van der Waals surface area contributed by atoms with Gasteiger partial charge in [-0.15, -0.1) is 0 Å². The SMILES string of the molecule is CNc1nc(C(C)(C)C)nc(NCC(=O)OC)c1C. The minimum atomic E-state index is -0.332. The molecule has 0 fully saturated rings. The Balaban J connectivity index is 3.11. The van der Waals surface area contributed by atoms with E-state index in [1.807, 2.05) is 34.7 Å². The van der Waals surface area contributed by atoms with E-state index in [9.17, 15) is 4.79 Å². The van der Waals surface area contributed by atoms with Crippen molar-refractivity contribution in [3.8, 4) is 0 Å². The predicted molar refractivity (Wildman–Crippen MR) is 75.5 cm³/mol. The van der Waals surface area contributed by atoms with E-state index < -0.39 is 0 Å². The fourth-order valence-electron chi connectivity index (χ4n) is 1.50. The van der Waals surface area contributed by atoms with E-state index in [0.717, 1.165) is 17.2 Å². The van der Waals surface area contributed by atoms with Gasteiger partial charge in [-0.1, -0.05) is 20.8 Å². The van der Waals surface area contributed by atoms with Gasteiger partial charge in [0.25, 0.3) is 0 Å². The van der Waals surface area contributed by atoms with E-state index in [1.165, 1.54) is 7.11 Å². The van der Waals surface area contributed by atoms with Crippen LogP contribution in [-0.2, 0) is 14.9 Å². The lowest BCUT2D eigenvalue weighted by Crippen LogP contribution is -2.21. The second-order valence-electron chi connectivity index (χ2n) is 5.30. The molecule has 19 heavy (non-hydrogen) atoms. The lowest BCUT2D eigenvalue weighted by Gasteiger charge is -2.20. The summed E-state index contributed by atoms with van der Waals surface area (Å²) in [6, 6.07) is 0. The number of aromatic nitrogens is 2. The van der Waals surface area contributed by atoms with Gasteiger partial charge in [0.05, 0.1) is 7.11 Å². The monoisotopic (exact) mass is 266 g/mol. The van der Waals surface area contributed by atoms with Gasteiger partial charge in [0.15, 0.2) is 0 Å². The average Bonchev–Trinajstić information content (AvgIpc) is 2.35. The van der Waals surface area contributed by atoms with Crippen molar-refractivity contribution < 1.29 is 9.53 Å². The number of methoxy groups -OCH3 is 1. The van der Waals surface area contributed by atoms with Crippen LogP contribution in [0.1, 0.15) is 32.2 Å². The number of nitrogens with zero attached hydrogens (tertiary/aromatic N) is 2. The minimum Gasteiger partial charge on any atom is -0.468 e. The number of hydrogen-bond donors (Lipinski definition) is 2. The first-order valence-corrected chi connectivity index (χ1v) is 6.17. The number of ether oxygens (including phenoxy) is 1. The van der Waals surface area contributed by atoms with Crippen LogP contribution in [0, 0.1) is 6.92 Å². The highest BCUT2D eigenvalue weighted by Crippen LogP contribution is 2.25. The number of hydrogen-bond acceptors (Lipinski definition) is 6. The Morgan fingerprint density at radius 1 is 1.26 bits per heavy atom. The number of carbonyl (C=O) groups excluding carboxylic acids is 1. The summed E-state index contributed by atoms with van der Waals surface area (Å²) in [7, 11) is 3.17. The summed E-state index contributed by atoms with van der Waals surface area (Å²) in [5.74, 6) is 1.79. The molecule has 0 aromatic carbocycles. The first-order valence-electron chi connectivity index (χ1n) is 6.17. The molecule has 1 heterocycles. The summed E-state index contributed by atoms with van der Waals surface area (Å²) < 4.78 is 4.61. The molecule has 0 unspecified atom stereocenters. The zero-order valence-corrected chi connectivity index (χ0v) is 12.4. The summed E-state index contributed by atoms with van der Waals surface area (Å²) in [5, 5.41) is 6.03. The molecule has 1 aromatic rings. The Labute approximate surface area is 114 Å². The minimum absolute atomic E-state index is 0.0844. The number of anilines is 2. The second-order valence-corrected chi connectivity index (χ2v) is 5.30. The standard InChI is InChI=1S/C13H22N4O2/c1-8-10(14-5)16-12(13(2,3)4)17-11(8)15-7-9(18)19-6/h7H2,1-6H3,(H2,14,15,16,17). The van der Waals surface area contributed by atoms with Gasteiger partial charge >= 0.3 is 5.97 Å². The third kappa shape index (κ3) is 3.81. The summed E-state index contributed by atoms with van der Waals surface area (Å²) in [4.78, 5) is 20.2. The Hall–Kier alpha value is -1.85. The first-order chi connectivity index (χ1) is 8.79. The predicted octanol–water partition coefficient (Wildman–Crippen LogP) is 1.71. The van der Waals surface area contributed by atoms with Crippen LogP contribution in [0.2, 0.25) is 0 Å². The number of carbonyl (C=O) groups is 1. The zero-order valence-electron chi connectivity index (χ0n) is 12.4. The van der Waals surface area contributed by atoms with E-state index in [2.05, 4.69) is 25.3 Å². The van der Waals surface area contributed by atoms with E-state index >= 15 is 0 Å². The molecule has 0 amide bonds. The third-order valence-electron chi connectivity index (χ3n) is 2.68. The van der Waals surface area contributed by atoms with Gasteiger partial charge < -0.3 is 15.4 Å². The van der Waals surface area contributed by atoms with Crippen molar-refractivity contribution in [2.45, 2.75) is 33.1 Å². The molecule has 2 N–H and O–H groups in total. The van der Waals surface area contributed by atoms with E-state index in [0.29, 0.717) is 5.82 Å². The van der Waals surface area contributed by atoms with E-state index in [1.54, 1.807) is 0 Å². The Bertz CT molecular complexity index is 466. The topological polar surface area (TPSA) is 76.1 Å². The maximum Gasteiger partial charge on any atom is 0.325 e.